The Labute approximate surface area is 151 Å². The Hall–Kier alpha value is -1.66. The maximum Gasteiger partial charge on any atom is 0.330 e. The third-order valence-electron chi connectivity index (χ3n) is 3.13. The summed E-state index contributed by atoms with van der Waals surface area (Å²) >= 11 is 3.29. The van der Waals surface area contributed by atoms with Crippen LogP contribution in [0.5, 0.6) is 0 Å². The van der Waals surface area contributed by atoms with E-state index in [1.807, 2.05) is 0 Å². The molecule has 1 aromatic rings. The smallest absolute Gasteiger partial charge is 0.330 e. The molecule has 6 heteroatoms. The van der Waals surface area contributed by atoms with E-state index in [1.165, 1.54) is 16.0 Å². The van der Waals surface area contributed by atoms with Crippen molar-refractivity contribution in [2.24, 2.45) is 0 Å². The van der Waals surface area contributed by atoms with Crippen molar-refractivity contribution in [3.8, 4) is 0 Å². The summed E-state index contributed by atoms with van der Waals surface area (Å²) in [5, 5.41) is 0. The molecule has 4 nitrogen and oxygen atoms in total. The first-order chi connectivity index (χ1) is 11.5. The van der Waals surface area contributed by atoms with E-state index in [9.17, 15) is 9.59 Å². The molecule has 0 heterocycles. The maximum absolute atomic E-state index is 11.1. The molecule has 0 unspecified atom stereocenters. The monoisotopic (exact) mass is 366 g/mol. The van der Waals surface area contributed by atoms with Crippen molar-refractivity contribution in [1.82, 2.24) is 0 Å². The number of rotatable bonds is 10. The predicted octanol–water partition coefficient (Wildman–Crippen LogP) is 3.95. The molecule has 24 heavy (non-hydrogen) atoms. The van der Waals surface area contributed by atoms with Crippen LogP contribution in [-0.2, 0) is 19.1 Å². The van der Waals surface area contributed by atoms with E-state index in [4.69, 9.17) is 9.47 Å². The lowest BCUT2D eigenvalue weighted by molar-refractivity contribution is -0.138. The molecule has 0 amide bonds. The molecule has 130 valence electrons. The van der Waals surface area contributed by atoms with E-state index >= 15 is 0 Å². The van der Waals surface area contributed by atoms with Gasteiger partial charge in [-0.15, -0.1) is 23.5 Å². The van der Waals surface area contributed by atoms with Gasteiger partial charge in [-0.25, -0.2) is 9.59 Å². The van der Waals surface area contributed by atoms with Crippen molar-refractivity contribution >= 4 is 35.5 Å². The van der Waals surface area contributed by atoms with Crippen LogP contribution >= 0.6 is 23.5 Å². The number of hydrogen-bond donors (Lipinski definition) is 0. The molecular weight excluding hydrogens is 344 g/mol. The van der Waals surface area contributed by atoms with Gasteiger partial charge in [-0.05, 0) is 31.0 Å². The molecule has 0 atom stereocenters. The van der Waals surface area contributed by atoms with E-state index in [0.29, 0.717) is 24.7 Å². The Morgan fingerprint density at radius 2 is 1.54 bits per heavy atom. The highest BCUT2D eigenvalue weighted by Gasteiger charge is 2.10. The van der Waals surface area contributed by atoms with E-state index in [0.717, 1.165) is 17.0 Å². The van der Waals surface area contributed by atoms with Gasteiger partial charge in [0.05, 0.1) is 0 Å². The number of hydrogen-bond acceptors (Lipinski definition) is 6. The SMILES string of the molecule is C=CC(=O)OCCSc1ccc(C)c(C)c1SCCOC(=O)C=C. The van der Waals surface area contributed by atoms with Crippen molar-refractivity contribution in [1.29, 1.82) is 0 Å². The molecule has 0 fully saturated rings. The van der Waals surface area contributed by atoms with Crippen LogP contribution in [0.4, 0.5) is 0 Å². The Balaban J connectivity index is 2.62. The van der Waals surface area contributed by atoms with Gasteiger partial charge in [0.15, 0.2) is 0 Å². The van der Waals surface area contributed by atoms with Crippen LogP contribution in [-0.4, -0.2) is 36.7 Å². The molecule has 0 spiro atoms. The highest BCUT2D eigenvalue weighted by molar-refractivity contribution is 8.02. The summed E-state index contributed by atoms with van der Waals surface area (Å²) in [7, 11) is 0. The normalized spacial score (nSPS) is 10.1. The highest BCUT2D eigenvalue weighted by Crippen LogP contribution is 2.35. The highest BCUT2D eigenvalue weighted by atomic mass is 32.2. The Bertz CT molecular complexity index is 611. The number of benzene rings is 1. The van der Waals surface area contributed by atoms with E-state index in [1.54, 1.807) is 23.5 Å². The average molecular weight is 367 g/mol. The van der Waals surface area contributed by atoms with Crippen LogP contribution in [0.2, 0.25) is 0 Å². The molecule has 0 aromatic heterocycles. The molecule has 0 aliphatic carbocycles. The first kappa shape index (κ1) is 20.4. The second kappa shape index (κ2) is 11.0. The second-order valence-electron chi connectivity index (χ2n) is 4.77. The number of esters is 2. The lowest BCUT2D eigenvalue weighted by atomic mass is 10.1. The number of carbonyl (C=O) groups is 2. The largest absolute Gasteiger partial charge is 0.462 e. The summed E-state index contributed by atoms with van der Waals surface area (Å²) < 4.78 is 10.0. The zero-order valence-electron chi connectivity index (χ0n) is 14.0. The lowest BCUT2D eigenvalue weighted by Crippen LogP contribution is -2.05. The molecule has 1 aromatic carbocycles. The van der Waals surface area contributed by atoms with Gasteiger partial charge in [0.2, 0.25) is 0 Å². The van der Waals surface area contributed by atoms with Crippen molar-refractivity contribution in [2.75, 3.05) is 24.7 Å². The molecule has 1 rings (SSSR count). The maximum atomic E-state index is 11.1. The lowest BCUT2D eigenvalue weighted by Gasteiger charge is -2.14. The van der Waals surface area contributed by atoms with E-state index < -0.39 is 11.9 Å². The zero-order chi connectivity index (χ0) is 17.9. The topological polar surface area (TPSA) is 52.6 Å². The van der Waals surface area contributed by atoms with Crippen molar-refractivity contribution in [3.05, 3.63) is 48.6 Å². The fraction of sp³-hybridized carbons (Fsp3) is 0.333. The molecule has 0 radical (unpaired) electrons. The summed E-state index contributed by atoms with van der Waals surface area (Å²) in [6.45, 7) is 11.6. The average Bonchev–Trinajstić information content (AvgIpc) is 2.59. The minimum absolute atomic E-state index is 0.337. The van der Waals surface area contributed by atoms with Gasteiger partial charge in [0.25, 0.3) is 0 Å². The Morgan fingerprint density at radius 3 is 2.08 bits per heavy atom. The molecular formula is C18H22O4S2. The van der Waals surface area contributed by atoms with Gasteiger partial charge < -0.3 is 9.47 Å². The molecule has 0 aliphatic rings. The van der Waals surface area contributed by atoms with E-state index in [2.05, 4.69) is 39.1 Å². The minimum Gasteiger partial charge on any atom is -0.462 e. The minimum atomic E-state index is -0.408. The third kappa shape index (κ3) is 6.84. The van der Waals surface area contributed by atoms with E-state index in [-0.39, 0.29) is 0 Å². The fourth-order valence-electron chi connectivity index (χ4n) is 1.76. The second-order valence-corrected chi connectivity index (χ2v) is 7.02. The van der Waals surface area contributed by atoms with Gasteiger partial charge in [0, 0.05) is 33.4 Å². The van der Waals surface area contributed by atoms with Gasteiger partial charge in [-0.3, -0.25) is 0 Å². The first-order valence-electron chi connectivity index (χ1n) is 7.43. The molecule has 0 saturated carbocycles. The zero-order valence-corrected chi connectivity index (χ0v) is 15.6. The van der Waals surface area contributed by atoms with Crippen LogP contribution in [0.15, 0.2) is 47.2 Å². The Morgan fingerprint density at radius 1 is 1.00 bits per heavy atom. The van der Waals surface area contributed by atoms with Crippen LogP contribution < -0.4 is 0 Å². The third-order valence-corrected chi connectivity index (χ3v) is 5.47. The van der Waals surface area contributed by atoms with Gasteiger partial charge in [-0.1, -0.05) is 19.2 Å². The number of thioether (sulfide) groups is 2. The quantitative estimate of drug-likeness (QED) is 0.270. The summed E-state index contributed by atoms with van der Waals surface area (Å²) in [5.41, 5.74) is 2.42. The van der Waals surface area contributed by atoms with Crippen LogP contribution in [0.1, 0.15) is 11.1 Å². The number of aryl methyl sites for hydroxylation is 1. The fourth-order valence-corrected chi connectivity index (χ4v) is 3.90. The summed E-state index contributed by atoms with van der Waals surface area (Å²) in [6, 6.07) is 4.15. The van der Waals surface area contributed by atoms with Crippen LogP contribution in [0, 0.1) is 13.8 Å². The Kier molecular flexibility index (Phi) is 9.34. The molecule has 0 saturated heterocycles. The summed E-state index contributed by atoms with van der Waals surface area (Å²) in [5.74, 6) is 0.522. The van der Waals surface area contributed by atoms with Crippen molar-refractivity contribution < 1.29 is 19.1 Å². The number of ether oxygens (including phenoxy) is 2. The predicted molar refractivity (Wildman–Crippen MR) is 99.7 cm³/mol. The molecule has 0 N–H and O–H groups in total. The van der Waals surface area contributed by atoms with Gasteiger partial charge in [-0.2, -0.15) is 0 Å². The standard InChI is InChI=1S/C18H22O4S2/c1-5-16(19)21-9-11-23-15-8-7-13(3)14(4)18(15)24-12-10-22-17(20)6-2/h5-8H,1-2,9-12H2,3-4H3. The van der Waals surface area contributed by atoms with Gasteiger partial charge in [0.1, 0.15) is 13.2 Å². The summed E-state index contributed by atoms with van der Waals surface area (Å²) in [6.07, 6.45) is 2.32. The first-order valence-corrected chi connectivity index (χ1v) is 9.41. The molecule has 0 bridgehead atoms. The van der Waals surface area contributed by atoms with Crippen molar-refractivity contribution in [2.45, 2.75) is 23.6 Å². The van der Waals surface area contributed by atoms with Crippen LogP contribution in [0.3, 0.4) is 0 Å². The molecule has 0 aliphatic heterocycles. The number of carbonyl (C=O) groups excluding carboxylic acids is 2. The van der Waals surface area contributed by atoms with Gasteiger partial charge >= 0.3 is 11.9 Å². The van der Waals surface area contributed by atoms with Crippen molar-refractivity contribution in [3.63, 3.8) is 0 Å². The summed E-state index contributed by atoms with van der Waals surface area (Å²) in [4.78, 5) is 24.4. The van der Waals surface area contributed by atoms with Crippen LogP contribution in [0.25, 0.3) is 0 Å².